The van der Waals surface area contributed by atoms with Crippen molar-refractivity contribution in [2.75, 3.05) is 26.2 Å². The van der Waals surface area contributed by atoms with Crippen LogP contribution in [0.15, 0.2) is 30.3 Å². The maximum atomic E-state index is 2.49. The highest BCUT2D eigenvalue weighted by atomic mass is 15.3. The zero-order valence-electron chi connectivity index (χ0n) is 12.9. The standard InChI is InChI=1S/C18H28N2/c1-16-7-5-6-10-18(16)20-13-11-19(12-14-20)15-17-8-3-2-4-9-17/h2-4,8-9,16,18H,5-7,10-15H2,1H3/p+2/t16-,18+/m1/s1. The second-order valence-corrected chi connectivity index (χ2v) is 6.94. The number of nitrogens with one attached hydrogen (secondary N) is 2. The van der Waals surface area contributed by atoms with Gasteiger partial charge in [-0.05, 0) is 19.3 Å². The van der Waals surface area contributed by atoms with E-state index in [2.05, 4.69) is 37.3 Å². The topological polar surface area (TPSA) is 8.88 Å². The maximum absolute atomic E-state index is 2.49. The van der Waals surface area contributed by atoms with E-state index in [1.54, 1.807) is 4.90 Å². The average molecular weight is 274 g/mol. The lowest BCUT2D eigenvalue weighted by atomic mass is 9.84. The molecule has 1 saturated carbocycles. The van der Waals surface area contributed by atoms with Gasteiger partial charge < -0.3 is 9.80 Å². The van der Waals surface area contributed by atoms with E-state index in [9.17, 15) is 0 Å². The molecule has 0 radical (unpaired) electrons. The molecule has 1 aliphatic heterocycles. The van der Waals surface area contributed by atoms with Gasteiger partial charge in [0.2, 0.25) is 0 Å². The second-order valence-electron chi connectivity index (χ2n) is 6.94. The Labute approximate surface area is 123 Å². The minimum absolute atomic E-state index is 0.953. The first-order chi connectivity index (χ1) is 9.83. The van der Waals surface area contributed by atoms with Crippen LogP contribution < -0.4 is 9.80 Å². The molecule has 3 rings (SSSR count). The Hall–Kier alpha value is -0.860. The molecule has 2 fully saturated rings. The molecule has 1 aliphatic carbocycles. The summed E-state index contributed by atoms with van der Waals surface area (Å²) >= 11 is 0. The zero-order chi connectivity index (χ0) is 13.8. The molecule has 1 heterocycles. The molecule has 1 aromatic rings. The minimum Gasteiger partial charge on any atom is -0.323 e. The van der Waals surface area contributed by atoms with E-state index in [0.717, 1.165) is 12.0 Å². The van der Waals surface area contributed by atoms with Crippen molar-refractivity contribution in [1.29, 1.82) is 0 Å². The quantitative estimate of drug-likeness (QED) is 0.796. The van der Waals surface area contributed by atoms with E-state index >= 15 is 0 Å². The highest BCUT2D eigenvalue weighted by Gasteiger charge is 2.34. The predicted molar refractivity (Wildman–Crippen MR) is 83.0 cm³/mol. The van der Waals surface area contributed by atoms with Crippen LogP contribution in [0.1, 0.15) is 38.2 Å². The number of benzene rings is 1. The molecule has 2 heteroatoms. The van der Waals surface area contributed by atoms with Crippen LogP contribution in [0.2, 0.25) is 0 Å². The third kappa shape index (κ3) is 3.42. The van der Waals surface area contributed by atoms with Crippen molar-refractivity contribution in [1.82, 2.24) is 0 Å². The van der Waals surface area contributed by atoms with Crippen molar-refractivity contribution in [2.24, 2.45) is 5.92 Å². The van der Waals surface area contributed by atoms with Gasteiger partial charge in [-0.3, -0.25) is 0 Å². The van der Waals surface area contributed by atoms with Gasteiger partial charge in [0.15, 0.2) is 0 Å². The number of quaternary nitrogens is 2. The molecule has 2 N–H and O–H groups in total. The fourth-order valence-corrected chi connectivity index (χ4v) is 4.28. The van der Waals surface area contributed by atoms with E-state index in [1.165, 1.54) is 64.0 Å². The summed E-state index contributed by atoms with van der Waals surface area (Å²) in [4.78, 5) is 3.69. The van der Waals surface area contributed by atoms with Crippen LogP contribution in [0.3, 0.4) is 0 Å². The van der Waals surface area contributed by atoms with E-state index in [4.69, 9.17) is 0 Å². The van der Waals surface area contributed by atoms with Crippen molar-refractivity contribution in [2.45, 2.75) is 45.2 Å². The molecule has 2 atom stereocenters. The first-order valence-corrected chi connectivity index (χ1v) is 8.55. The van der Waals surface area contributed by atoms with Crippen molar-refractivity contribution >= 4 is 0 Å². The third-order valence-corrected chi connectivity index (χ3v) is 5.53. The molecule has 2 nitrogen and oxygen atoms in total. The maximum Gasteiger partial charge on any atom is 0.127 e. The van der Waals surface area contributed by atoms with E-state index in [0.29, 0.717) is 0 Å². The summed E-state index contributed by atoms with van der Waals surface area (Å²) in [7, 11) is 0. The van der Waals surface area contributed by atoms with Gasteiger partial charge >= 0.3 is 0 Å². The van der Waals surface area contributed by atoms with Crippen LogP contribution >= 0.6 is 0 Å². The highest BCUT2D eigenvalue weighted by molar-refractivity contribution is 5.13. The molecule has 0 unspecified atom stereocenters. The Morgan fingerprint density at radius 2 is 1.65 bits per heavy atom. The van der Waals surface area contributed by atoms with Gasteiger partial charge in [0.05, 0.1) is 6.04 Å². The van der Waals surface area contributed by atoms with Crippen molar-refractivity contribution in [3.8, 4) is 0 Å². The first kappa shape index (κ1) is 14.1. The summed E-state index contributed by atoms with van der Waals surface area (Å²) < 4.78 is 0. The third-order valence-electron chi connectivity index (χ3n) is 5.53. The van der Waals surface area contributed by atoms with Crippen molar-refractivity contribution in [3.05, 3.63) is 35.9 Å². The lowest BCUT2D eigenvalue weighted by molar-refractivity contribution is -1.03. The minimum atomic E-state index is 0.953. The van der Waals surface area contributed by atoms with Crippen LogP contribution in [0.5, 0.6) is 0 Å². The van der Waals surface area contributed by atoms with E-state index < -0.39 is 0 Å². The van der Waals surface area contributed by atoms with Gasteiger partial charge in [-0.2, -0.15) is 0 Å². The van der Waals surface area contributed by atoms with Crippen molar-refractivity contribution in [3.63, 3.8) is 0 Å². The summed E-state index contributed by atoms with van der Waals surface area (Å²) in [5, 5.41) is 0. The van der Waals surface area contributed by atoms with Gasteiger partial charge in [-0.15, -0.1) is 0 Å². The molecular formula is C18H30N2+2. The summed E-state index contributed by atoms with van der Waals surface area (Å²) in [5.74, 6) is 0.953. The zero-order valence-corrected chi connectivity index (χ0v) is 12.9. The highest BCUT2D eigenvalue weighted by Crippen LogP contribution is 2.21. The molecule has 0 aromatic heterocycles. The Morgan fingerprint density at radius 3 is 2.35 bits per heavy atom. The molecule has 0 bridgehead atoms. The monoisotopic (exact) mass is 274 g/mol. The second kappa shape index (κ2) is 6.73. The molecule has 2 aliphatic rings. The van der Waals surface area contributed by atoms with Crippen molar-refractivity contribution < 1.29 is 9.80 Å². The fraction of sp³-hybridized carbons (Fsp3) is 0.667. The fourth-order valence-electron chi connectivity index (χ4n) is 4.28. The molecular weight excluding hydrogens is 244 g/mol. The lowest BCUT2D eigenvalue weighted by Crippen LogP contribution is -3.29. The number of piperazine rings is 1. The van der Waals surface area contributed by atoms with Gasteiger partial charge in [0, 0.05) is 11.5 Å². The van der Waals surface area contributed by atoms with Crippen LogP contribution in [-0.4, -0.2) is 32.2 Å². The Kier molecular flexibility index (Phi) is 4.74. The van der Waals surface area contributed by atoms with Crippen LogP contribution in [0.25, 0.3) is 0 Å². The van der Waals surface area contributed by atoms with Gasteiger partial charge in [-0.1, -0.05) is 43.7 Å². The SMILES string of the molecule is C[C@@H]1CCCC[C@@H]1[NH+]1CC[NH+](Cc2ccccc2)CC1. The summed E-state index contributed by atoms with van der Waals surface area (Å²) in [6.45, 7) is 9.18. The molecule has 110 valence electrons. The molecule has 0 amide bonds. The number of hydrogen-bond acceptors (Lipinski definition) is 0. The Morgan fingerprint density at radius 1 is 0.950 bits per heavy atom. The van der Waals surface area contributed by atoms with Crippen LogP contribution in [0, 0.1) is 5.92 Å². The normalized spacial score (nSPS) is 34.9. The van der Waals surface area contributed by atoms with Gasteiger partial charge in [0.1, 0.15) is 32.7 Å². The largest absolute Gasteiger partial charge is 0.323 e. The predicted octanol–water partition coefficient (Wildman–Crippen LogP) is 0.549. The molecule has 1 aromatic carbocycles. The van der Waals surface area contributed by atoms with Crippen LogP contribution in [0.4, 0.5) is 0 Å². The smallest absolute Gasteiger partial charge is 0.127 e. The Bertz CT molecular complexity index is 395. The van der Waals surface area contributed by atoms with Gasteiger partial charge in [0.25, 0.3) is 0 Å². The van der Waals surface area contributed by atoms with Gasteiger partial charge in [-0.25, -0.2) is 0 Å². The molecule has 20 heavy (non-hydrogen) atoms. The number of hydrogen-bond donors (Lipinski definition) is 2. The lowest BCUT2D eigenvalue weighted by Gasteiger charge is -2.39. The van der Waals surface area contributed by atoms with E-state index in [1.807, 2.05) is 4.90 Å². The first-order valence-electron chi connectivity index (χ1n) is 8.55. The average Bonchev–Trinajstić information content (AvgIpc) is 2.50. The van der Waals surface area contributed by atoms with E-state index in [-0.39, 0.29) is 0 Å². The summed E-state index contributed by atoms with van der Waals surface area (Å²) in [5.41, 5.74) is 1.50. The summed E-state index contributed by atoms with van der Waals surface area (Å²) in [6, 6.07) is 12.0. The van der Waals surface area contributed by atoms with Crippen LogP contribution in [-0.2, 0) is 6.54 Å². The summed E-state index contributed by atoms with van der Waals surface area (Å²) in [6.07, 6.45) is 5.88. The molecule has 1 saturated heterocycles. The Balaban J connectivity index is 1.49. The number of rotatable bonds is 3. The molecule has 0 spiro atoms.